The Morgan fingerprint density at radius 2 is 1.80 bits per heavy atom. The number of rotatable bonds is 7. The number of carbonyl (C=O) groups is 2. The first-order valence-corrected chi connectivity index (χ1v) is 8.34. The molecular formula is C20H23NO4. The molecule has 1 N–H and O–H groups in total. The second-order valence-electron chi connectivity index (χ2n) is 5.52. The lowest BCUT2D eigenvalue weighted by Crippen LogP contribution is -2.22. The van der Waals surface area contributed by atoms with Gasteiger partial charge in [-0.15, -0.1) is 0 Å². The van der Waals surface area contributed by atoms with Gasteiger partial charge in [-0.1, -0.05) is 37.3 Å². The zero-order chi connectivity index (χ0) is 18.2. The van der Waals surface area contributed by atoms with E-state index in [4.69, 9.17) is 9.47 Å². The van der Waals surface area contributed by atoms with Crippen molar-refractivity contribution in [2.45, 2.75) is 27.2 Å². The average molecular weight is 341 g/mol. The number of hydrogen-bond acceptors (Lipinski definition) is 4. The number of amides is 1. The smallest absolute Gasteiger partial charge is 0.341 e. The summed E-state index contributed by atoms with van der Waals surface area (Å²) in [6.45, 7) is 5.82. The predicted molar refractivity (Wildman–Crippen MR) is 97.1 cm³/mol. The van der Waals surface area contributed by atoms with Crippen LogP contribution in [0.5, 0.6) is 5.75 Å². The minimum Gasteiger partial charge on any atom is -0.483 e. The number of carbonyl (C=O) groups excluding carboxylic acids is 2. The summed E-state index contributed by atoms with van der Waals surface area (Å²) in [6.07, 6.45) is 0.823. The number of benzene rings is 2. The van der Waals surface area contributed by atoms with Crippen molar-refractivity contribution in [3.63, 3.8) is 0 Å². The summed E-state index contributed by atoms with van der Waals surface area (Å²) in [5, 5.41) is 2.89. The van der Waals surface area contributed by atoms with Crippen LogP contribution >= 0.6 is 0 Å². The number of ether oxygens (including phenoxy) is 2. The lowest BCUT2D eigenvalue weighted by atomic mass is 10.1. The summed E-state index contributed by atoms with van der Waals surface area (Å²) in [6, 6.07) is 12.6. The first kappa shape index (κ1) is 18.5. The van der Waals surface area contributed by atoms with Crippen molar-refractivity contribution in [2.24, 2.45) is 0 Å². The zero-order valence-corrected chi connectivity index (χ0v) is 14.8. The number of para-hydroxylation sites is 2. The van der Waals surface area contributed by atoms with E-state index in [9.17, 15) is 9.59 Å². The van der Waals surface area contributed by atoms with Gasteiger partial charge in [0.2, 0.25) is 0 Å². The predicted octanol–water partition coefficient (Wildman–Crippen LogP) is 3.75. The highest BCUT2D eigenvalue weighted by Gasteiger charge is 2.15. The van der Waals surface area contributed by atoms with Crippen molar-refractivity contribution >= 4 is 17.6 Å². The van der Waals surface area contributed by atoms with Crippen molar-refractivity contribution in [1.29, 1.82) is 0 Å². The normalized spacial score (nSPS) is 10.2. The van der Waals surface area contributed by atoms with Gasteiger partial charge in [-0.05, 0) is 43.5 Å². The van der Waals surface area contributed by atoms with Crippen molar-refractivity contribution in [3.8, 4) is 5.75 Å². The molecule has 0 radical (unpaired) electrons. The standard InChI is InChI=1S/C20H23NO4/c1-4-15-10-8-9-14(3)19(15)21-18(22)13-25-17-12-7-6-11-16(17)20(23)24-5-2/h6-12H,4-5,13H2,1-3H3,(H,21,22). The maximum absolute atomic E-state index is 12.3. The summed E-state index contributed by atoms with van der Waals surface area (Å²) in [5.74, 6) is -0.412. The highest BCUT2D eigenvalue weighted by atomic mass is 16.5. The molecule has 2 rings (SSSR count). The molecule has 2 aromatic rings. The van der Waals surface area contributed by atoms with Gasteiger partial charge < -0.3 is 14.8 Å². The van der Waals surface area contributed by atoms with Crippen LogP contribution in [0.15, 0.2) is 42.5 Å². The van der Waals surface area contributed by atoms with E-state index < -0.39 is 5.97 Å². The van der Waals surface area contributed by atoms with Gasteiger partial charge in [-0.3, -0.25) is 4.79 Å². The first-order valence-electron chi connectivity index (χ1n) is 8.34. The van der Waals surface area contributed by atoms with Gasteiger partial charge in [0.1, 0.15) is 11.3 Å². The maximum atomic E-state index is 12.3. The van der Waals surface area contributed by atoms with Crippen LogP contribution in [-0.4, -0.2) is 25.1 Å². The fourth-order valence-electron chi connectivity index (χ4n) is 2.49. The van der Waals surface area contributed by atoms with E-state index in [-0.39, 0.29) is 19.1 Å². The second-order valence-corrected chi connectivity index (χ2v) is 5.52. The Morgan fingerprint density at radius 1 is 1.04 bits per heavy atom. The van der Waals surface area contributed by atoms with Crippen LogP contribution in [0.3, 0.4) is 0 Å². The Balaban J connectivity index is 2.05. The van der Waals surface area contributed by atoms with E-state index in [2.05, 4.69) is 5.32 Å². The summed E-state index contributed by atoms with van der Waals surface area (Å²) in [4.78, 5) is 24.2. The van der Waals surface area contributed by atoms with Crippen LogP contribution in [0.1, 0.15) is 35.3 Å². The van der Waals surface area contributed by atoms with E-state index in [0.717, 1.165) is 23.2 Å². The lowest BCUT2D eigenvalue weighted by Gasteiger charge is -2.14. The van der Waals surface area contributed by atoms with E-state index >= 15 is 0 Å². The minimum absolute atomic E-state index is 0.187. The first-order chi connectivity index (χ1) is 12.1. The summed E-state index contributed by atoms with van der Waals surface area (Å²) < 4.78 is 10.5. The molecule has 0 saturated heterocycles. The van der Waals surface area contributed by atoms with Gasteiger partial charge in [0.15, 0.2) is 6.61 Å². The summed E-state index contributed by atoms with van der Waals surface area (Å²) in [7, 11) is 0. The largest absolute Gasteiger partial charge is 0.483 e. The fourth-order valence-corrected chi connectivity index (χ4v) is 2.49. The quantitative estimate of drug-likeness (QED) is 0.779. The highest BCUT2D eigenvalue weighted by Crippen LogP contribution is 2.22. The maximum Gasteiger partial charge on any atom is 0.341 e. The van der Waals surface area contributed by atoms with Gasteiger partial charge in [0.25, 0.3) is 5.91 Å². The Labute approximate surface area is 148 Å². The topological polar surface area (TPSA) is 64.6 Å². The number of esters is 1. The molecule has 25 heavy (non-hydrogen) atoms. The Bertz CT molecular complexity index is 755. The molecule has 0 bridgehead atoms. The Morgan fingerprint density at radius 3 is 2.52 bits per heavy atom. The van der Waals surface area contributed by atoms with E-state index in [1.807, 2.05) is 32.0 Å². The van der Waals surface area contributed by atoms with Crippen molar-refractivity contribution in [1.82, 2.24) is 0 Å². The fraction of sp³-hybridized carbons (Fsp3) is 0.300. The molecule has 5 nitrogen and oxygen atoms in total. The molecule has 0 spiro atoms. The highest BCUT2D eigenvalue weighted by molar-refractivity contribution is 5.94. The third-order valence-corrected chi connectivity index (χ3v) is 3.75. The molecule has 132 valence electrons. The SMILES string of the molecule is CCOC(=O)c1ccccc1OCC(=O)Nc1c(C)cccc1CC. The monoisotopic (exact) mass is 341 g/mol. The van der Waals surface area contributed by atoms with Crippen molar-refractivity contribution in [2.75, 3.05) is 18.5 Å². The second kappa shape index (κ2) is 8.87. The van der Waals surface area contributed by atoms with Gasteiger partial charge in [0.05, 0.1) is 6.61 Å². The number of anilines is 1. The third-order valence-electron chi connectivity index (χ3n) is 3.75. The van der Waals surface area contributed by atoms with Crippen LogP contribution in [0, 0.1) is 6.92 Å². The zero-order valence-electron chi connectivity index (χ0n) is 14.8. The molecule has 0 atom stereocenters. The molecule has 0 aliphatic carbocycles. The van der Waals surface area contributed by atoms with Crippen LogP contribution < -0.4 is 10.1 Å². The van der Waals surface area contributed by atoms with Crippen molar-refractivity contribution < 1.29 is 19.1 Å². The van der Waals surface area contributed by atoms with Crippen molar-refractivity contribution in [3.05, 3.63) is 59.2 Å². The molecule has 2 aromatic carbocycles. The molecule has 0 unspecified atom stereocenters. The summed E-state index contributed by atoms with van der Waals surface area (Å²) in [5.41, 5.74) is 3.19. The molecule has 0 heterocycles. The van der Waals surface area contributed by atoms with E-state index in [1.165, 1.54) is 0 Å². The number of hydrogen-bond donors (Lipinski definition) is 1. The average Bonchev–Trinajstić information content (AvgIpc) is 2.62. The molecule has 0 fully saturated rings. The molecule has 0 aliphatic heterocycles. The minimum atomic E-state index is -0.467. The molecule has 5 heteroatoms. The number of aryl methyl sites for hydroxylation is 2. The molecule has 0 aliphatic rings. The van der Waals surface area contributed by atoms with Gasteiger partial charge >= 0.3 is 5.97 Å². The molecular weight excluding hydrogens is 318 g/mol. The Hall–Kier alpha value is -2.82. The van der Waals surface area contributed by atoms with E-state index in [1.54, 1.807) is 31.2 Å². The van der Waals surface area contributed by atoms with E-state index in [0.29, 0.717) is 11.3 Å². The van der Waals surface area contributed by atoms with Crippen LogP contribution in [0.4, 0.5) is 5.69 Å². The van der Waals surface area contributed by atoms with Crippen LogP contribution in [0.2, 0.25) is 0 Å². The number of nitrogens with one attached hydrogen (secondary N) is 1. The molecule has 0 saturated carbocycles. The van der Waals surface area contributed by atoms with Gasteiger partial charge in [-0.25, -0.2) is 4.79 Å². The van der Waals surface area contributed by atoms with Crippen LogP contribution in [0.25, 0.3) is 0 Å². The molecule has 1 amide bonds. The third kappa shape index (κ3) is 4.83. The Kier molecular flexibility index (Phi) is 6.57. The lowest BCUT2D eigenvalue weighted by molar-refractivity contribution is -0.118. The summed E-state index contributed by atoms with van der Waals surface area (Å²) >= 11 is 0. The van der Waals surface area contributed by atoms with Gasteiger partial charge in [-0.2, -0.15) is 0 Å². The van der Waals surface area contributed by atoms with Gasteiger partial charge in [0, 0.05) is 5.69 Å². The van der Waals surface area contributed by atoms with Crippen LogP contribution in [-0.2, 0) is 16.0 Å². The molecule has 0 aromatic heterocycles.